The molecule has 31 heavy (non-hydrogen) atoms. The number of aliphatic hydroxyl groups is 1. The SMILES string of the molecule is COc1cccc([C@]2(O)C[C@@H](C(=O)NC3CC3)N(C(=O)CNC(=O)OC(C)(C)C)C2)c1. The average Bonchev–Trinajstić information content (AvgIpc) is 3.43. The van der Waals surface area contributed by atoms with Crippen LogP contribution in [0.5, 0.6) is 5.75 Å². The average molecular weight is 434 g/mol. The summed E-state index contributed by atoms with van der Waals surface area (Å²) < 4.78 is 10.4. The number of ether oxygens (including phenoxy) is 2. The van der Waals surface area contributed by atoms with E-state index in [0.29, 0.717) is 11.3 Å². The van der Waals surface area contributed by atoms with Gasteiger partial charge in [-0.05, 0) is 51.3 Å². The number of carbonyl (C=O) groups excluding carboxylic acids is 3. The van der Waals surface area contributed by atoms with Crippen molar-refractivity contribution in [2.24, 2.45) is 0 Å². The van der Waals surface area contributed by atoms with E-state index >= 15 is 0 Å². The van der Waals surface area contributed by atoms with Crippen molar-refractivity contribution in [2.45, 2.75) is 63.3 Å². The molecule has 0 unspecified atom stereocenters. The van der Waals surface area contributed by atoms with Gasteiger partial charge in [-0.2, -0.15) is 0 Å². The predicted octanol–water partition coefficient (Wildman–Crippen LogP) is 1.29. The fourth-order valence-corrected chi connectivity index (χ4v) is 3.59. The van der Waals surface area contributed by atoms with E-state index in [-0.39, 0.29) is 31.5 Å². The number of benzene rings is 1. The third-order valence-corrected chi connectivity index (χ3v) is 5.28. The number of hydrogen-bond acceptors (Lipinski definition) is 6. The van der Waals surface area contributed by atoms with Crippen molar-refractivity contribution in [2.75, 3.05) is 20.2 Å². The molecule has 1 saturated carbocycles. The lowest BCUT2D eigenvalue weighted by atomic mass is 9.91. The highest BCUT2D eigenvalue weighted by Gasteiger charge is 2.49. The van der Waals surface area contributed by atoms with Gasteiger partial charge < -0.3 is 30.1 Å². The highest BCUT2D eigenvalue weighted by molar-refractivity contribution is 5.90. The number of rotatable bonds is 6. The number of hydrogen-bond donors (Lipinski definition) is 3. The second-order valence-corrected chi connectivity index (χ2v) is 9.14. The van der Waals surface area contributed by atoms with Crippen molar-refractivity contribution >= 4 is 17.9 Å². The van der Waals surface area contributed by atoms with Gasteiger partial charge in [-0.25, -0.2) is 4.79 Å². The summed E-state index contributed by atoms with van der Waals surface area (Å²) in [5.41, 5.74) is -1.55. The first-order valence-corrected chi connectivity index (χ1v) is 10.4. The van der Waals surface area contributed by atoms with Crippen LogP contribution in [0.1, 0.15) is 45.6 Å². The van der Waals surface area contributed by atoms with Crippen molar-refractivity contribution in [3.05, 3.63) is 29.8 Å². The molecule has 2 atom stereocenters. The molecule has 1 aromatic carbocycles. The summed E-state index contributed by atoms with van der Waals surface area (Å²) in [6.07, 6.45) is 1.15. The van der Waals surface area contributed by atoms with E-state index in [9.17, 15) is 19.5 Å². The molecule has 3 amide bonds. The number of amides is 3. The van der Waals surface area contributed by atoms with Gasteiger partial charge >= 0.3 is 6.09 Å². The van der Waals surface area contributed by atoms with Gasteiger partial charge in [0.25, 0.3) is 0 Å². The summed E-state index contributed by atoms with van der Waals surface area (Å²) in [5.74, 6) is -0.200. The first-order chi connectivity index (χ1) is 14.5. The van der Waals surface area contributed by atoms with Crippen LogP contribution in [0, 0.1) is 0 Å². The lowest BCUT2D eigenvalue weighted by molar-refractivity contribution is -0.138. The van der Waals surface area contributed by atoms with Gasteiger partial charge in [0.2, 0.25) is 11.8 Å². The minimum Gasteiger partial charge on any atom is -0.497 e. The van der Waals surface area contributed by atoms with Crippen molar-refractivity contribution in [1.29, 1.82) is 0 Å². The maximum Gasteiger partial charge on any atom is 0.408 e. The predicted molar refractivity (Wildman–Crippen MR) is 112 cm³/mol. The van der Waals surface area contributed by atoms with Gasteiger partial charge in [-0.1, -0.05) is 12.1 Å². The fourth-order valence-electron chi connectivity index (χ4n) is 3.59. The normalized spacial score (nSPS) is 23.3. The lowest BCUT2D eigenvalue weighted by Gasteiger charge is -2.25. The molecule has 0 bridgehead atoms. The summed E-state index contributed by atoms with van der Waals surface area (Å²) in [4.78, 5) is 39.0. The molecule has 1 saturated heterocycles. The fraction of sp³-hybridized carbons (Fsp3) is 0.591. The molecular formula is C22H31N3O6. The van der Waals surface area contributed by atoms with Gasteiger partial charge in [-0.3, -0.25) is 9.59 Å². The van der Waals surface area contributed by atoms with E-state index in [1.165, 1.54) is 12.0 Å². The molecule has 9 nitrogen and oxygen atoms in total. The Morgan fingerprint density at radius 2 is 1.97 bits per heavy atom. The molecule has 1 aromatic rings. The second kappa shape index (κ2) is 8.74. The molecule has 0 aromatic heterocycles. The Morgan fingerprint density at radius 3 is 2.58 bits per heavy atom. The van der Waals surface area contributed by atoms with Crippen LogP contribution >= 0.6 is 0 Å². The molecule has 3 N–H and O–H groups in total. The van der Waals surface area contributed by atoms with E-state index in [1.54, 1.807) is 45.0 Å². The Balaban J connectivity index is 1.75. The smallest absolute Gasteiger partial charge is 0.408 e. The van der Waals surface area contributed by atoms with Gasteiger partial charge in [0.15, 0.2) is 0 Å². The Bertz CT molecular complexity index is 848. The molecule has 170 valence electrons. The number of nitrogens with one attached hydrogen (secondary N) is 2. The largest absolute Gasteiger partial charge is 0.497 e. The summed E-state index contributed by atoms with van der Waals surface area (Å²) in [6, 6.07) is 6.22. The highest BCUT2D eigenvalue weighted by Crippen LogP contribution is 2.37. The monoisotopic (exact) mass is 433 g/mol. The van der Waals surface area contributed by atoms with E-state index in [1.807, 2.05) is 0 Å². The molecule has 2 aliphatic rings. The lowest BCUT2D eigenvalue weighted by Crippen LogP contribution is -2.49. The van der Waals surface area contributed by atoms with Crippen LogP contribution in [0.15, 0.2) is 24.3 Å². The molecule has 1 heterocycles. The summed E-state index contributed by atoms with van der Waals surface area (Å²) >= 11 is 0. The summed E-state index contributed by atoms with van der Waals surface area (Å²) in [7, 11) is 1.53. The standard InChI is InChI=1S/C22H31N3O6/c1-21(2,3)31-20(28)23-12-18(26)25-13-22(29,14-6-5-7-16(10-14)30-4)11-17(25)19(27)24-15-8-9-15/h5-7,10,15,17,29H,8-9,11-13H2,1-4H3,(H,23,28)(H,24,27)/t17-,22-/m0/s1. The molecular weight excluding hydrogens is 402 g/mol. The Morgan fingerprint density at radius 1 is 1.26 bits per heavy atom. The third-order valence-electron chi connectivity index (χ3n) is 5.28. The van der Waals surface area contributed by atoms with Crippen LogP contribution in [-0.4, -0.2) is 65.8 Å². The first kappa shape index (κ1) is 22.9. The topological polar surface area (TPSA) is 117 Å². The van der Waals surface area contributed by atoms with Crippen LogP contribution in [0.3, 0.4) is 0 Å². The number of alkyl carbamates (subject to hydrolysis) is 1. The Labute approximate surface area is 182 Å². The van der Waals surface area contributed by atoms with Crippen molar-refractivity contribution in [1.82, 2.24) is 15.5 Å². The molecule has 0 spiro atoms. The third kappa shape index (κ3) is 5.88. The zero-order chi connectivity index (χ0) is 22.8. The highest BCUT2D eigenvalue weighted by atomic mass is 16.6. The van der Waals surface area contributed by atoms with Crippen LogP contribution in [-0.2, 0) is 19.9 Å². The van der Waals surface area contributed by atoms with Crippen molar-refractivity contribution in [3.8, 4) is 5.75 Å². The van der Waals surface area contributed by atoms with Gasteiger partial charge in [0.1, 0.15) is 29.5 Å². The number of β-amino-alcohol motifs (C(OH)–C–C–N with tert-alkyl or cyclic N) is 1. The van der Waals surface area contributed by atoms with E-state index in [2.05, 4.69) is 10.6 Å². The molecule has 1 aliphatic carbocycles. The maximum atomic E-state index is 12.9. The first-order valence-electron chi connectivity index (χ1n) is 10.4. The quantitative estimate of drug-likeness (QED) is 0.622. The Hall–Kier alpha value is -2.81. The Kier molecular flexibility index (Phi) is 6.45. The molecule has 9 heteroatoms. The minimum absolute atomic E-state index is 0.0525. The van der Waals surface area contributed by atoms with E-state index in [4.69, 9.17) is 9.47 Å². The number of nitrogens with zero attached hydrogens (tertiary/aromatic N) is 1. The van der Waals surface area contributed by atoms with Crippen molar-refractivity contribution < 1.29 is 29.0 Å². The van der Waals surface area contributed by atoms with E-state index in [0.717, 1.165) is 12.8 Å². The molecule has 2 fully saturated rings. The number of carbonyl (C=O) groups is 3. The van der Waals surface area contributed by atoms with Crippen LogP contribution < -0.4 is 15.4 Å². The van der Waals surface area contributed by atoms with Gasteiger partial charge in [0, 0.05) is 12.5 Å². The molecule has 0 radical (unpaired) electrons. The second-order valence-electron chi connectivity index (χ2n) is 9.14. The minimum atomic E-state index is -1.42. The summed E-state index contributed by atoms with van der Waals surface area (Å²) in [5, 5.41) is 16.7. The van der Waals surface area contributed by atoms with Crippen LogP contribution in [0.2, 0.25) is 0 Å². The van der Waals surface area contributed by atoms with E-state index < -0.39 is 29.2 Å². The van der Waals surface area contributed by atoms with Crippen LogP contribution in [0.25, 0.3) is 0 Å². The molecule has 1 aliphatic heterocycles. The number of likely N-dealkylation sites (tertiary alicyclic amines) is 1. The zero-order valence-corrected chi connectivity index (χ0v) is 18.4. The summed E-state index contributed by atoms with van der Waals surface area (Å²) in [6.45, 7) is 4.76. The van der Waals surface area contributed by atoms with Crippen molar-refractivity contribution in [3.63, 3.8) is 0 Å². The van der Waals surface area contributed by atoms with Gasteiger partial charge in [-0.15, -0.1) is 0 Å². The van der Waals surface area contributed by atoms with Crippen LogP contribution in [0.4, 0.5) is 4.79 Å². The maximum absolute atomic E-state index is 12.9. The number of methoxy groups -OCH3 is 1. The molecule has 3 rings (SSSR count). The van der Waals surface area contributed by atoms with Gasteiger partial charge in [0.05, 0.1) is 13.7 Å². The zero-order valence-electron chi connectivity index (χ0n) is 18.4.